The topological polar surface area (TPSA) is 75.6 Å². The molecule has 0 radical (unpaired) electrons. The van der Waals surface area contributed by atoms with Gasteiger partial charge in [-0.3, -0.25) is 4.79 Å². The van der Waals surface area contributed by atoms with Gasteiger partial charge in [0.05, 0.1) is 0 Å². The first-order valence-electron chi connectivity index (χ1n) is 8.31. The maximum Gasteiger partial charge on any atom is 0.329 e. The Morgan fingerprint density at radius 3 is 2.30 bits per heavy atom. The van der Waals surface area contributed by atoms with E-state index in [1.54, 1.807) is 0 Å². The minimum absolute atomic E-state index is 0.373. The lowest BCUT2D eigenvalue weighted by atomic mass is 9.89. The van der Waals surface area contributed by atoms with Gasteiger partial charge in [0, 0.05) is 6.61 Å². The molecule has 1 aliphatic carbocycles. The predicted octanol–water partition coefficient (Wildman–Crippen LogP) is 3.06. The highest BCUT2D eigenvalue weighted by atomic mass is 16.5. The summed E-state index contributed by atoms with van der Waals surface area (Å²) in [7, 11) is 0. The van der Waals surface area contributed by atoms with E-state index in [2.05, 4.69) is 5.32 Å². The molecule has 1 fully saturated rings. The molecule has 1 saturated carbocycles. The Labute approximate surface area is 137 Å². The van der Waals surface area contributed by atoms with Gasteiger partial charge in [0.25, 0.3) is 5.91 Å². The van der Waals surface area contributed by atoms with E-state index in [9.17, 15) is 14.7 Å². The van der Waals surface area contributed by atoms with Gasteiger partial charge in [0.15, 0.2) is 6.10 Å². The quantitative estimate of drug-likeness (QED) is 0.790. The molecule has 1 aromatic carbocycles. The summed E-state index contributed by atoms with van der Waals surface area (Å²) in [5.74, 6) is -1.32. The third kappa shape index (κ3) is 4.32. The summed E-state index contributed by atoms with van der Waals surface area (Å²) < 4.78 is 5.58. The largest absolute Gasteiger partial charge is 0.480 e. The van der Waals surface area contributed by atoms with Gasteiger partial charge in [-0.1, -0.05) is 56.0 Å². The van der Waals surface area contributed by atoms with Crippen molar-refractivity contribution in [3.63, 3.8) is 0 Å². The summed E-state index contributed by atoms with van der Waals surface area (Å²) in [6.45, 7) is 2.20. The molecule has 23 heavy (non-hydrogen) atoms. The standard InChI is InChI=1S/C18H25NO4/c1-2-23-15(14-10-6-5-7-11-14)16(20)19-18(17(21)22)12-8-3-4-9-13-18/h5-7,10-11,15H,2-4,8-9,12-13H2,1H3,(H,19,20)(H,21,22). The van der Waals surface area contributed by atoms with Crippen molar-refractivity contribution in [1.82, 2.24) is 5.32 Å². The number of amides is 1. The van der Waals surface area contributed by atoms with E-state index in [1.807, 2.05) is 37.3 Å². The average molecular weight is 319 g/mol. The second kappa shape index (κ2) is 8.11. The van der Waals surface area contributed by atoms with E-state index in [0.29, 0.717) is 19.4 Å². The van der Waals surface area contributed by atoms with Crippen LogP contribution in [0.1, 0.15) is 57.1 Å². The highest BCUT2D eigenvalue weighted by Crippen LogP contribution is 2.29. The smallest absolute Gasteiger partial charge is 0.329 e. The zero-order valence-electron chi connectivity index (χ0n) is 13.6. The number of benzene rings is 1. The summed E-state index contributed by atoms with van der Waals surface area (Å²) in [6.07, 6.45) is 3.83. The Bertz CT molecular complexity index is 521. The Morgan fingerprint density at radius 1 is 1.17 bits per heavy atom. The Balaban J connectivity index is 2.20. The van der Waals surface area contributed by atoms with Gasteiger partial charge in [0.2, 0.25) is 0 Å². The van der Waals surface area contributed by atoms with Crippen molar-refractivity contribution < 1.29 is 19.4 Å². The number of aliphatic carboxylic acids is 1. The molecule has 2 N–H and O–H groups in total. The van der Waals surface area contributed by atoms with Gasteiger partial charge in [-0.05, 0) is 25.3 Å². The second-order valence-electron chi connectivity index (χ2n) is 6.04. The van der Waals surface area contributed by atoms with Crippen molar-refractivity contribution in [1.29, 1.82) is 0 Å². The maximum absolute atomic E-state index is 12.7. The molecule has 1 amide bonds. The fourth-order valence-corrected chi connectivity index (χ4v) is 3.14. The van der Waals surface area contributed by atoms with Crippen molar-refractivity contribution in [3.05, 3.63) is 35.9 Å². The number of hydrogen-bond acceptors (Lipinski definition) is 3. The van der Waals surface area contributed by atoms with Crippen molar-refractivity contribution in [2.45, 2.75) is 57.1 Å². The van der Waals surface area contributed by atoms with Crippen LogP contribution in [0.2, 0.25) is 0 Å². The molecule has 1 aromatic rings. The van der Waals surface area contributed by atoms with Gasteiger partial charge in [0.1, 0.15) is 5.54 Å². The summed E-state index contributed by atoms with van der Waals surface area (Å²) >= 11 is 0. The number of carboxylic acid groups (broad SMARTS) is 1. The summed E-state index contributed by atoms with van der Waals surface area (Å²) in [5.41, 5.74) is -0.432. The fourth-order valence-electron chi connectivity index (χ4n) is 3.14. The maximum atomic E-state index is 12.7. The number of carbonyl (C=O) groups excluding carboxylic acids is 1. The zero-order valence-corrected chi connectivity index (χ0v) is 13.6. The number of rotatable bonds is 6. The molecular weight excluding hydrogens is 294 g/mol. The summed E-state index contributed by atoms with van der Waals surface area (Å²) in [5, 5.41) is 12.5. The van der Waals surface area contributed by atoms with E-state index in [1.165, 1.54) is 0 Å². The van der Waals surface area contributed by atoms with Crippen LogP contribution in [-0.4, -0.2) is 29.1 Å². The number of ether oxygens (including phenoxy) is 1. The molecule has 0 aromatic heterocycles. The van der Waals surface area contributed by atoms with Crippen LogP contribution in [0.3, 0.4) is 0 Å². The average Bonchev–Trinajstić information content (AvgIpc) is 2.80. The molecule has 0 heterocycles. The monoisotopic (exact) mass is 319 g/mol. The van der Waals surface area contributed by atoms with E-state index in [-0.39, 0.29) is 5.91 Å². The molecule has 5 heteroatoms. The van der Waals surface area contributed by atoms with Crippen molar-refractivity contribution >= 4 is 11.9 Å². The van der Waals surface area contributed by atoms with Crippen LogP contribution < -0.4 is 5.32 Å². The molecule has 2 rings (SSSR count). The Morgan fingerprint density at radius 2 is 1.78 bits per heavy atom. The van der Waals surface area contributed by atoms with Crippen LogP contribution in [-0.2, 0) is 14.3 Å². The van der Waals surface area contributed by atoms with Gasteiger partial charge in [-0.25, -0.2) is 4.79 Å². The third-order valence-corrected chi connectivity index (χ3v) is 4.40. The number of nitrogens with one attached hydrogen (secondary N) is 1. The van der Waals surface area contributed by atoms with Gasteiger partial charge in [-0.15, -0.1) is 0 Å². The van der Waals surface area contributed by atoms with Gasteiger partial charge < -0.3 is 15.2 Å². The summed E-state index contributed by atoms with van der Waals surface area (Å²) in [6, 6.07) is 9.19. The number of hydrogen-bond donors (Lipinski definition) is 2. The SMILES string of the molecule is CCOC(C(=O)NC1(C(=O)O)CCCCCC1)c1ccccc1. The normalized spacial score (nSPS) is 18.7. The molecule has 0 saturated heterocycles. The molecule has 126 valence electrons. The van der Waals surface area contributed by atoms with Crippen LogP contribution in [0, 0.1) is 0 Å². The van der Waals surface area contributed by atoms with E-state index < -0.39 is 17.6 Å². The lowest BCUT2D eigenvalue weighted by Crippen LogP contribution is -2.55. The van der Waals surface area contributed by atoms with Crippen LogP contribution in [0.4, 0.5) is 0 Å². The summed E-state index contributed by atoms with van der Waals surface area (Å²) in [4.78, 5) is 24.6. The molecule has 0 bridgehead atoms. The molecule has 1 aliphatic rings. The third-order valence-electron chi connectivity index (χ3n) is 4.40. The van der Waals surface area contributed by atoms with E-state index >= 15 is 0 Å². The lowest BCUT2D eigenvalue weighted by molar-refractivity contribution is -0.151. The molecule has 5 nitrogen and oxygen atoms in total. The molecule has 0 aliphatic heterocycles. The van der Waals surface area contributed by atoms with Crippen LogP contribution in [0.15, 0.2) is 30.3 Å². The van der Waals surface area contributed by atoms with Crippen LogP contribution in [0.25, 0.3) is 0 Å². The highest BCUT2D eigenvalue weighted by molar-refractivity contribution is 5.89. The minimum Gasteiger partial charge on any atom is -0.480 e. The van der Waals surface area contributed by atoms with E-state index in [4.69, 9.17) is 4.74 Å². The first-order chi connectivity index (χ1) is 11.1. The highest BCUT2D eigenvalue weighted by Gasteiger charge is 2.41. The van der Waals surface area contributed by atoms with Crippen LogP contribution in [0.5, 0.6) is 0 Å². The predicted molar refractivity (Wildman–Crippen MR) is 87.0 cm³/mol. The lowest BCUT2D eigenvalue weighted by Gasteiger charge is -2.31. The fraction of sp³-hybridized carbons (Fsp3) is 0.556. The minimum atomic E-state index is -1.17. The second-order valence-corrected chi connectivity index (χ2v) is 6.04. The first kappa shape index (κ1) is 17.5. The van der Waals surface area contributed by atoms with Gasteiger partial charge >= 0.3 is 5.97 Å². The van der Waals surface area contributed by atoms with Crippen LogP contribution >= 0.6 is 0 Å². The molecule has 0 spiro atoms. The van der Waals surface area contributed by atoms with Crippen molar-refractivity contribution in [3.8, 4) is 0 Å². The van der Waals surface area contributed by atoms with E-state index in [0.717, 1.165) is 31.2 Å². The van der Waals surface area contributed by atoms with Crippen molar-refractivity contribution in [2.24, 2.45) is 0 Å². The van der Waals surface area contributed by atoms with Crippen molar-refractivity contribution in [2.75, 3.05) is 6.61 Å². The number of carboxylic acids is 1. The molecule has 1 atom stereocenters. The Kier molecular flexibility index (Phi) is 6.16. The first-order valence-corrected chi connectivity index (χ1v) is 8.31. The number of carbonyl (C=O) groups is 2. The molecule has 1 unspecified atom stereocenters. The Hall–Kier alpha value is -1.88. The zero-order chi connectivity index (χ0) is 16.7. The van der Waals surface area contributed by atoms with Gasteiger partial charge in [-0.2, -0.15) is 0 Å². The molecular formula is C18H25NO4.